The van der Waals surface area contributed by atoms with Crippen LogP contribution < -0.4 is 0 Å². The summed E-state index contributed by atoms with van der Waals surface area (Å²) in [6.07, 6.45) is 6.12. The third kappa shape index (κ3) is 4.18. The fourth-order valence-electron chi connectivity index (χ4n) is 3.47. The van der Waals surface area contributed by atoms with E-state index in [1.54, 1.807) is 11.8 Å². The van der Waals surface area contributed by atoms with Crippen LogP contribution in [0.5, 0.6) is 0 Å². The Morgan fingerprint density at radius 2 is 1.96 bits per heavy atom. The zero-order valence-corrected chi connectivity index (χ0v) is 15.6. The number of carboxylic acid groups (broad SMARTS) is 1. The number of likely N-dealkylation sites (tertiary alicyclic amines) is 1. The molecule has 1 fully saturated rings. The van der Waals surface area contributed by atoms with Gasteiger partial charge in [-0.25, -0.2) is 4.79 Å². The van der Waals surface area contributed by atoms with Gasteiger partial charge in [0.05, 0.1) is 12.2 Å². The third-order valence-corrected chi connectivity index (χ3v) is 5.66. The number of aryl methyl sites for hydroxylation is 1. The second-order valence-electron chi connectivity index (χ2n) is 6.47. The highest BCUT2D eigenvalue weighted by atomic mass is 32.2. The highest BCUT2D eigenvalue weighted by molar-refractivity contribution is 7.98. The molecule has 0 saturated carbocycles. The van der Waals surface area contributed by atoms with Crippen molar-refractivity contribution in [2.45, 2.75) is 43.5 Å². The van der Waals surface area contributed by atoms with Crippen LogP contribution in [0.3, 0.4) is 0 Å². The van der Waals surface area contributed by atoms with E-state index >= 15 is 0 Å². The second-order valence-corrected chi connectivity index (χ2v) is 7.35. The van der Waals surface area contributed by atoms with Crippen molar-refractivity contribution in [3.8, 4) is 0 Å². The quantitative estimate of drug-likeness (QED) is 0.818. The first-order chi connectivity index (χ1) is 12.1. The van der Waals surface area contributed by atoms with Crippen molar-refractivity contribution in [1.29, 1.82) is 0 Å². The van der Waals surface area contributed by atoms with Crippen molar-refractivity contribution in [3.63, 3.8) is 0 Å². The molecule has 3 rings (SSSR count). The van der Waals surface area contributed by atoms with Gasteiger partial charge in [-0.05, 0) is 54.7 Å². The van der Waals surface area contributed by atoms with Gasteiger partial charge < -0.3 is 10.0 Å². The molecule has 5 nitrogen and oxygen atoms in total. The Bertz CT molecular complexity index is 719. The lowest BCUT2D eigenvalue weighted by molar-refractivity contribution is 0.132. The molecule has 0 spiro atoms. The summed E-state index contributed by atoms with van der Waals surface area (Å²) < 4.78 is 2.03. The summed E-state index contributed by atoms with van der Waals surface area (Å²) in [5, 5.41) is 13.9. The van der Waals surface area contributed by atoms with Crippen LogP contribution in [-0.4, -0.2) is 45.2 Å². The molecule has 134 valence electrons. The Morgan fingerprint density at radius 3 is 2.52 bits per heavy atom. The maximum absolute atomic E-state index is 11.1. The van der Waals surface area contributed by atoms with Crippen molar-refractivity contribution in [2.75, 3.05) is 19.3 Å². The van der Waals surface area contributed by atoms with Gasteiger partial charge in [0.2, 0.25) is 0 Å². The van der Waals surface area contributed by atoms with Gasteiger partial charge in [-0.2, -0.15) is 5.10 Å². The number of hydrogen-bond donors (Lipinski definition) is 1. The van der Waals surface area contributed by atoms with E-state index in [4.69, 9.17) is 10.2 Å². The molecule has 1 aromatic heterocycles. The molecule has 1 N–H and O–H groups in total. The SMILES string of the molecule is CCc1nn(Cc2ccc(SC)cc2)cc1C1CCN(C(=O)O)CC1. The van der Waals surface area contributed by atoms with Gasteiger partial charge in [0.15, 0.2) is 0 Å². The number of nitrogens with zero attached hydrogens (tertiary/aromatic N) is 3. The van der Waals surface area contributed by atoms with E-state index in [1.165, 1.54) is 20.9 Å². The van der Waals surface area contributed by atoms with E-state index in [1.807, 2.05) is 4.68 Å². The Balaban J connectivity index is 1.72. The summed E-state index contributed by atoms with van der Waals surface area (Å²) in [5.41, 5.74) is 3.69. The zero-order valence-electron chi connectivity index (χ0n) is 14.8. The monoisotopic (exact) mass is 359 g/mol. The lowest BCUT2D eigenvalue weighted by atomic mass is 9.89. The number of aromatic nitrogens is 2. The number of amides is 1. The lowest BCUT2D eigenvalue weighted by Gasteiger charge is -2.29. The van der Waals surface area contributed by atoms with Crippen molar-refractivity contribution in [3.05, 3.63) is 47.3 Å². The van der Waals surface area contributed by atoms with Crippen LogP contribution in [0.1, 0.15) is 42.5 Å². The topological polar surface area (TPSA) is 58.4 Å². The first kappa shape index (κ1) is 17.9. The minimum atomic E-state index is -0.807. The van der Waals surface area contributed by atoms with E-state index in [9.17, 15) is 4.79 Å². The molecule has 25 heavy (non-hydrogen) atoms. The molecule has 2 heterocycles. The summed E-state index contributed by atoms with van der Waals surface area (Å²) in [5.74, 6) is 0.415. The number of hydrogen-bond acceptors (Lipinski definition) is 3. The lowest BCUT2D eigenvalue weighted by Crippen LogP contribution is -2.36. The van der Waals surface area contributed by atoms with Gasteiger partial charge in [-0.1, -0.05) is 19.1 Å². The van der Waals surface area contributed by atoms with E-state index in [0.717, 1.165) is 31.5 Å². The number of thioether (sulfide) groups is 1. The smallest absolute Gasteiger partial charge is 0.407 e. The van der Waals surface area contributed by atoms with Crippen molar-refractivity contribution < 1.29 is 9.90 Å². The predicted molar refractivity (Wildman–Crippen MR) is 101 cm³/mol. The minimum absolute atomic E-state index is 0.415. The fraction of sp³-hybridized carbons (Fsp3) is 0.474. The summed E-state index contributed by atoms with van der Waals surface area (Å²) in [6.45, 7) is 4.14. The highest BCUT2D eigenvalue weighted by Gasteiger charge is 2.26. The van der Waals surface area contributed by atoms with Crippen LogP contribution in [0.15, 0.2) is 35.4 Å². The van der Waals surface area contributed by atoms with E-state index in [2.05, 4.69) is 43.6 Å². The van der Waals surface area contributed by atoms with Gasteiger partial charge in [-0.15, -0.1) is 11.8 Å². The number of carbonyl (C=O) groups is 1. The van der Waals surface area contributed by atoms with E-state index in [-0.39, 0.29) is 0 Å². The van der Waals surface area contributed by atoms with E-state index in [0.29, 0.717) is 19.0 Å². The minimum Gasteiger partial charge on any atom is -0.465 e. The van der Waals surface area contributed by atoms with E-state index < -0.39 is 6.09 Å². The van der Waals surface area contributed by atoms with Crippen LogP contribution in [0.4, 0.5) is 4.79 Å². The van der Waals surface area contributed by atoms with Crippen LogP contribution in [-0.2, 0) is 13.0 Å². The highest BCUT2D eigenvalue weighted by Crippen LogP contribution is 2.30. The average molecular weight is 359 g/mol. The Kier molecular flexibility index (Phi) is 5.68. The molecule has 6 heteroatoms. The Hall–Kier alpha value is -1.95. The van der Waals surface area contributed by atoms with Crippen LogP contribution in [0.25, 0.3) is 0 Å². The maximum Gasteiger partial charge on any atom is 0.407 e. The normalized spacial score (nSPS) is 15.5. The summed E-state index contributed by atoms with van der Waals surface area (Å²) >= 11 is 1.75. The summed E-state index contributed by atoms with van der Waals surface area (Å²) in [7, 11) is 0. The van der Waals surface area contributed by atoms with Gasteiger partial charge in [-0.3, -0.25) is 4.68 Å². The molecule has 1 aromatic carbocycles. The van der Waals surface area contributed by atoms with Crippen LogP contribution in [0, 0.1) is 0 Å². The predicted octanol–water partition coefficient (Wildman–Crippen LogP) is 4.07. The molecule has 0 unspecified atom stereocenters. The molecule has 0 aliphatic carbocycles. The summed E-state index contributed by atoms with van der Waals surface area (Å²) in [4.78, 5) is 13.9. The number of benzene rings is 1. The standard InChI is InChI=1S/C19H25N3O2S/c1-3-18-17(15-8-10-21(11-9-15)19(23)24)13-22(20-18)12-14-4-6-16(25-2)7-5-14/h4-7,13,15H,3,8-12H2,1-2H3,(H,23,24). The molecule has 0 atom stereocenters. The van der Waals surface area contributed by atoms with Gasteiger partial charge >= 0.3 is 6.09 Å². The maximum atomic E-state index is 11.1. The van der Waals surface area contributed by atoms with Crippen LogP contribution >= 0.6 is 11.8 Å². The molecule has 0 radical (unpaired) electrons. The van der Waals surface area contributed by atoms with Gasteiger partial charge in [0.1, 0.15) is 0 Å². The zero-order chi connectivity index (χ0) is 17.8. The summed E-state index contributed by atoms with van der Waals surface area (Å²) in [6, 6.07) is 8.60. The largest absolute Gasteiger partial charge is 0.465 e. The van der Waals surface area contributed by atoms with Crippen molar-refractivity contribution in [2.24, 2.45) is 0 Å². The molecular formula is C19H25N3O2S. The molecule has 2 aromatic rings. The average Bonchev–Trinajstić information content (AvgIpc) is 3.05. The van der Waals surface area contributed by atoms with Crippen molar-refractivity contribution in [1.82, 2.24) is 14.7 Å². The molecule has 1 saturated heterocycles. The Morgan fingerprint density at radius 1 is 1.28 bits per heavy atom. The molecular weight excluding hydrogens is 334 g/mol. The first-order valence-electron chi connectivity index (χ1n) is 8.77. The molecule has 1 aliphatic heterocycles. The molecule has 1 aliphatic rings. The molecule has 0 bridgehead atoms. The second kappa shape index (κ2) is 7.95. The third-order valence-electron chi connectivity index (χ3n) is 4.91. The fourth-order valence-corrected chi connectivity index (χ4v) is 3.88. The Labute approximate surface area is 153 Å². The molecule has 1 amide bonds. The van der Waals surface area contributed by atoms with Gasteiger partial charge in [0.25, 0.3) is 0 Å². The number of rotatable bonds is 5. The van der Waals surface area contributed by atoms with Crippen LogP contribution in [0.2, 0.25) is 0 Å². The first-order valence-corrected chi connectivity index (χ1v) is 10.00. The number of piperidine rings is 1. The van der Waals surface area contributed by atoms with Crippen molar-refractivity contribution >= 4 is 17.9 Å². The van der Waals surface area contributed by atoms with Gasteiger partial charge in [0, 0.05) is 24.2 Å².